The number of para-hydroxylation sites is 2. The van der Waals surface area contributed by atoms with E-state index in [9.17, 15) is 4.79 Å². The van der Waals surface area contributed by atoms with E-state index in [0.29, 0.717) is 25.7 Å². The van der Waals surface area contributed by atoms with Crippen LogP contribution in [0.3, 0.4) is 0 Å². The molecule has 1 aromatic heterocycles. The molecule has 0 saturated carbocycles. The second-order valence-electron chi connectivity index (χ2n) is 6.72. The minimum Gasteiger partial charge on any atom is -0.490 e. The Morgan fingerprint density at radius 2 is 1.79 bits per heavy atom. The number of benzene rings is 3. The van der Waals surface area contributed by atoms with E-state index < -0.39 is 0 Å². The first-order valence-electron chi connectivity index (χ1n) is 9.71. The average molecular weight is 390 g/mol. The van der Waals surface area contributed by atoms with Gasteiger partial charge < -0.3 is 9.47 Å². The van der Waals surface area contributed by atoms with E-state index in [1.165, 1.54) is 0 Å². The lowest BCUT2D eigenvalue weighted by Crippen LogP contribution is -2.41. The Labute approximate surface area is 169 Å². The van der Waals surface area contributed by atoms with Crippen LogP contribution < -0.4 is 15.0 Å². The molecule has 0 saturated heterocycles. The van der Waals surface area contributed by atoms with Gasteiger partial charge >= 0.3 is 11.9 Å². The number of fused-ring (bicyclic) bond motifs is 2. The maximum atomic E-state index is 12.0. The summed E-state index contributed by atoms with van der Waals surface area (Å²) in [6.45, 7) is 3.23. The Hall–Kier alpha value is -3.54. The number of carbonyl (C=O) groups is 1. The van der Waals surface area contributed by atoms with Crippen LogP contribution in [0.2, 0.25) is 0 Å². The van der Waals surface area contributed by atoms with Gasteiger partial charge in [0.2, 0.25) is 0 Å². The lowest BCUT2D eigenvalue weighted by Gasteiger charge is -2.09. The van der Waals surface area contributed by atoms with Gasteiger partial charge in [0.1, 0.15) is 29.9 Å². The third kappa shape index (κ3) is 3.74. The van der Waals surface area contributed by atoms with Crippen LogP contribution >= 0.6 is 0 Å². The molecule has 29 heavy (non-hydrogen) atoms. The quantitative estimate of drug-likeness (QED) is 0.388. The predicted molar refractivity (Wildman–Crippen MR) is 113 cm³/mol. The maximum absolute atomic E-state index is 12.0. The number of ether oxygens (including phenoxy) is 2. The maximum Gasteiger partial charge on any atom is 0.356 e. The number of aromatic nitrogens is 2. The summed E-state index contributed by atoms with van der Waals surface area (Å²) in [5, 5.41) is 2.22. The number of nitrogen functional groups attached to an aromatic ring is 1. The highest BCUT2D eigenvalue weighted by molar-refractivity contribution is 5.88. The Morgan fingerprint density at radius 1 is 1.03 bits per heavy atom. The van der Waals surface area contributed by atoms with E-state index >= 15 is 0 Å². The molecule has 0 amide bonds. The summed E-state index contributed by atoms with van der Waals surface area (Å²) in [7, 11) is 0. The van der Waals surface area contributed by atoms with Crippen LogP contribution in [0.1, 0.15) is 6.92 Å². The van der Waals surface area contributed by atoms with Gasteiger partial charge in [-0.3, -0.25) is 5.73 Å². The first-order chi connectivity index (χ1) is 14.2. The Morgan fingerprint density at radius 3 is 2.66 bits per heavy atom. The molecule has 0 atom stereocenters. The van der Waals surface area contributed by atoms with Crippen molar-refractivity contribution in [2.75, 3.05) is 18.9 Å². The number of nitrogens with two attached hydrogens (primary N) is 1. The topological polar surface area (TPSA) is 70.4 Å². The monoisotopic (exact) mass is 390 g/mol. The molecule has 3 aromatic carbocycles. The smallest absolute Gasteiger partial charge is 0.356 e. The third-order valence-corrected chi connectivity index (χ3v) is 4.93. The molecular formula is C23H24N3O3+. The Kier molecular flexibility index (Phi) is 5.33. The number of carbonyl (C=O) groups excluding carboxylic acids is 1. The molecule has 0 aliphatic rings. The third-order valence-electron chi connectivity index (χ3n) is 4.93. The molecule has 148 valence electrons. The molecule has 0 bridgehead atoms. The van der Waals surface area contributed by atoms with Gasteiger partial charge in [0.25, 0.3) is 0 Å². The number of hydrogen-bond donors (Lipinski definition) is 1. The molecule has 1 heterocycles. The van der Waals surface area contributed by atoms with Gasteiger partial charge in [-0.2, -0.15) is 0 Å². The molecule has 0 fully saturated rings. The first-order valence-corrected chi connectivity index (χ1v) is 9.71. The fourth-order valence-electron chi connectivity index (χ4n) is 3.62. The lowest BCUT2D eigenvalue weighted by molar-refractivity contribution is -0.646. The van der Waals surface area contributed by atoms with Gasteiger partial charge in [-0.15, -0.1) is 0 Å². The summed E-state index contributed by atoms with van der Waals surface area (Å²) in [5.41, 5.74) is 8.24. The number of esters is 1. The van der Waals surface area contributed by atoms with E-state index in [0.717, 1.165) is 27.6 Å². The first kappa shape index (κ1) is 18.8. The van der Waals surface area contributed by atoms with Crippen LogP contribution in [0.15, 0.2) is 66.7 Å². The number of nitrogens with zero attached hydrogens (tertiary/aromatic N) is 2. The SMILES string of the molecule is CCOC(=O)C[n+]1c(N)n(CCOc2cccc3ccccc23)c2ccccc21. The highest BCUT2D eigenvalue weighted by Crippen LogP contribution is 2.25. The molecule has 6 nitrogen and oxygen atoms in total. The van der Waals surface area contributed by atoms with Crippen molar-refractivity contribution in [3.8, 4) is 5.75 Å². The largest absolute Gasteiger partial charge is 0.490 e. The van der Waals surface area contributed by atoms with Gasteiger partial charge in [0.15, 0.2) is 6.54 Å². The normalized spacial score (nSPS) is 11.1. The Balaban J connectivity index is 1.58. The van der Waals surface area contributed by atoms with Crippen molar-refractivity contribution in [1.29, 1.82) is 0 Å². The standard InChI is InChI=1S/C23H23N3O3/c1-2-28-22(27)16-26-20-12-6-5-11-19(20)25(23(26)24)14-15-29-21-13-7-9-17-8-3-4-10-18(17)21/h3-13,24H,2,14-16H2,1H3/p+1. The summed E-state index contributed by atoms with van der Waals surface area (Å²) in [6.07, 6.45) is 0. The van der Waals surface area contributed by atoms with Crippen molar-refractivity contribution >= 4 is 33.7 Å². The van der Waals surface area contributed by atoms with Gasteiger partial charge in [-0.05, 0) is 30.5 Å². The number of anilines is 1. The van der Waals surface area contributed by atoms with Crippen LogP contribution in [0.25, 0.3) is 21.8 Å². The molecule has 6 heteroatoms. The van der Waals surface area contributed by atoms with Gasteiger partial charge in [0, 0.05) is 5.39 Å². The summed E-state index contributed by atoms with van der Waals surface area (Å²) >= 11 is 0. The van der Waals surface area contributed by atoms with Crippen LogP contribution in [0.5, 0.6) is 5.75 Å². The summed E-state index contributed by atoms with van der Waals surface area (Å²) in [5.74, 6) is 1.04. The fraction of sp³-hybridized carbons (Fsp3) is 0.217. The lowest BCUT2D eigenvalue weighted by atomic mass is 10.1. The zero-order valence-corrected chi connectivity index (χ0v) is 16.4. The second kappa shape index (κ2) is 8.22. The Bertz CT molecular complexity index is 1160. The van der Waals surface area contributed by atoms with Gasteiger partial charge in [-0.25, -0.2) is 13.9 Å². The van der Waals surface area contributed by atoms with Crippen molar-refractivity contribution in [2.45, 2.75) is 20.0 Å². The van der Waals surface area contributed by atoms with Crippen molar-refractivity contribution < 1.29 is 18.8 Å². The minimum atomic E-state index is -0.306. The van der Waals surface area contributed by atoms with Crippen molar-refractivity contribution in [3.63, 3.8) is 0 Å². The van der Waals surface area contributed by atoms with Crippen molar-refractivity contribution in [2.24, 2.45) is 0 Å². The predicted octanol–water partition coefficient (Wildman–Crippen LogP) is 3.31. The van der Waals surface area contributed by atoms with Crippen LogP contribution in [-0.2, 0) is 22.6 Å². The molecule has 0 radical (unpaired) electrons. The summed E-state index contributed by atoms with van der Waals surface area (Å²) < 4.78 is 14.9. The van der Waals surface area contributed by atoms with Crippen LogP contribution in [-0.4, -0.2) is 23.8 Å². The fourth-order valence-corrected chi connectivity index (χ4v) is 3.62. The van der Waals surface area contributed by atoms with Crippen molar-refractivity contribution in [3.05, 3.63) is 66.7 Å². The number of imidazole rings is 1. The molecule has 4 aromatic rings. The van der Waals surface area contributed by atoms with Gasteiger partial charge in [-0.1, -0.05) is 48.5 Å². The average Bonchev–Trinajstić information content (AvgIpc) is 3.00. The minimum absolute atomic E-state index is 0.0807. The van der Waals surface area contributed by atoms with E-state index in [-0.39, 0.29) is 12.5 Å². The molecule has 0 aliphatic heterocycles. The summed E-state index contributed by atoms with van der Waals surface area (Å²) in [4.78, 5) is 12.0. The van der Waals surface area contributed by atoms with E-state index in [4.69, 9.17) is 15.2 Å². The number of hydrogen-bond acceptors (Lipinski definition) is 4. The second-order valence-corrected chi connectivity index (χ2v) is 6.72. The molecule has 0 unspecified atom stereocenters. The van der Waals surface area contributed by atoms with Crippen molar-refractivity contribution in [1.82, 2.24) is 4.57 Å². The highest BCUT2D eigenvalue weighted by Gasteiger charge is 2.23. The van der Waals surface area contributed by atoms with E-state index in [2.05, 4.69) is 18.2 Å². The van der Waals surface area contributed by atoms with E-state index in [1.54, 1.807) is 11.5 Å². The highest BCUT2D eigenvalue weighted by atomic mass is 16.5. The molecule has 0 aliphatic carbocycles. The van der Waals surface area contributed by atoms with Crippen LogP contribution in [0.4, 0.5) is 5.95 Å². The van der Waals surface area contributed by atoms with E-state index in [1.807, 2.05) is 53.1 Å². The molecular weight excluding hydrogens is 366 g/mol. The molecule has 0 spiro atoms. The zero-order chi connectivity index (χ0) is 20.2. The number of rotatable bonds is 7. The zero-order valence-electron chi connectivity index (χ0n) is 16.4. The van der Waals surface area contributed by atoms with Gasteiger partial charge in [0.05, 0.1) is 6.61 Å². The summed E-state index contributed by atoms with van der Waals surface area (Å²) in [6, 6.07) is 22.0. The molecule has 2 N–H and O–H groups in total. The van der Waals surface area contributed by atoms with Crippen LogP contribution in [0, 0.1) is 0 Å². The molecule has 4 rings (SSSR count).